The van der Waals surface area contributed by atoms with Crippen LogP contribution in [0.3, 0.4) is 0 Å². The molecule has 0 bridgehead atoms. The van der Waals surface area contributed by atoms with Gasteiger partial charge < -0.3 is 19.8 Å². The number of carbonyl (C=O) groups is 1. The molecule has 0 radical (unpaired) electrons. The lowest BCUT2D eigenvalue weighted by Crippen LogP contribution is -2.31. The molecule has 1 aliphatic rings. The molecule has 11 heteroatoms. The summed E-state index contributed by atoms with van der Waals surface area (Å²) in [6.07, 6.45) is 0. The number of ether oxygens (including phenoxy) is 2. The molecule has 4 aromatic carbocycles. The number of carbonyl (C=O) groups excluding carboxylic acids is 1. The van der Waals surface area contributed by atoms with Crippen molar-refractivity contribution >= 4 is 34.9 Å². The third kappa shape index (κ3) is 7.10. The molecule has 0 amide bonds. The van der Waals surface area contributed by atoms with Crippen molar-refractivity contribution in [2.45, 2.75) is 30.4 Å². The van der Waals surface area contributed by atoms with E-state index < -0.39 is 22.4 Å². The zero-order chi connectivity index (χ0) is 32.8. The average Bonchev–Trinajstić information content (AvgIpc) is 3.10. The number of benzene rings is 4. The fourth-order valence-electron chi connectivity index (χ4n) is 5.33. The molecule has 6 rings (SSSR count). The van der Waals surface area contributed by atoms with E-state index in [1.54, 1.807) is 19.1 Å². The van der Waals surface area contributed by atoms with Gasteiger partial charge in [0, 0.05) is 17.9 Å². The largest absolute Gasteiger partial charge is 0.489 e. The Kier molecular flexibility index (Phi) is 9.44. The Morgan fingerprint density at radius 2 is 1.60 bits per heavy atom. The molecule has 1 aliphatic heterocycles. The zero-order valence-electron chi connectivity index (χ0n) is 25.3. The Morgan fingerprint density at radius 1 is 0.915 bits per heavy atom. The van der Waals surface area contributed by atoms with Gasteiger partial charge in [-0.3, -0.25) is 14.9 Å². The quantitative estimate of drug-likeness (QED) is 0.0507. The Balaban J connectivity index is 1.39. The standard InChI is InChI=1S/C36H30N4O6S/c1-2-45-35(42)30-29(25-15-19-28(20-16-25)46-21-23-9-5-3-6-10-23)31-33(37-32(30)26-11-7-4-8-12-26)38-36(39-34(31)41)47-22-24-13-17-27(18-14-24)40(43)44/h3-20,29H,2,21-22H2,1H3,(H2,37,38,39,41). The van der Waals surface area contributed by atoms with E-state index in [0.29, 0.717) is 45.9 Å². The summed E-state index contributed by atoms with van der Waals surface area (Å²) in [6, 6.07) is 32.8. The van der Waals surface area contributed by atoms with Crippen LogP contribution in [0.25, 0.3) is 5.70 Å². The average molecular weight is 647 g/mol. The lowest BCUT2D eigenvalue weighted by Gasteiger charge is -2.30. The molecule has 0 aliphatic carbocycles. The first-order valence-corrected chi connectivity index (χ1v) is 15.9. The number of nitrogens with one attached hydrogen (secondary N) is 2. The van der Waals surface area contributed by atoms with Gasteiger partial charge in [-0.2, -0.15) is 0 Å². The van der Waals surface area contributed by atoms with Gasteiger partial charge >= 0.3 is 5.97 Å². The molecule has 1 atom stereocenters. The van der Waals surface area contributed by atoms with Crippen molar-refractivity contribution in [3.63, 3.8) is 0 Å². The van der Waals surface area contributed by atoms with Crippen LogP contribution in [0.4, 0.5) is 11.5 Å². The molecule has 0 spiro atoms. The highest BCUT2D eigenvalue weighted by Crippen LogP contribution is 2.43. The van der Waals surface area contributed by atoms with Gasteiger partial charge in [-0.15, -0.1) is 0 Å². The molecule has 0 saturated carbocycles. The van der Waals surface area contributed by atoms with Crippen LogP contribution in [0.15, 0.2) is 125 Å². The molecular weight excluding hydrogens is 616 g/mol. The van der Waals surface area contributed by atoms with Crippen LogP contribution < -0.4 is 15.6 Å². The molecule has 236 valence electrons. The highest BCUT2D eigenvalue weighted by Gasteiger charge is 2.38. The number of anilines is 1. The molecular formula is C36H30N4O6S. The third-order valence-corrected chi connectivity index (χ3v) is 8.51. The van der Waals surface area contributed by atoms with E-state index in [-0.39, 0.29) is 17.9 Å². The summed E-state index contributed by atoms with van der Waals surface area (Å²) in [4.78, 5) is 45.8. The molecule has 47 heavy (non-hydrogen) atoms. The van der Waals surface area contributed by atoms with Crippen molar-refractivity contribution in [1.82, 2.24) is 9.97 Å². The zero-order valence-corrected chi connectivity index (χ0v) is 26.2. The van der Waals surface area contributed by atoms with E-state index >= 15 is 0 Å². The predicted octanol–water partition coefficient (Wildman–Crippen LogP) is 7.08. The van der Waals surface area contributed by atoms with Crippen LogP contribution in [-0.4, -0.2) is 27.5 Å². The van der Waals surface area contributed by atoms with E-state index in [9.17, 15) is 19.7 Å². The first-order chi connectivity index (χ1) is 22.9. The van der Waals surface area contributed by atoms with Gasteiger partial charge in [-0.1, -0.05) is 96.7 Å². The summed E-state index contributed by atoms with van der Waals surface area (Å²) >= 11 is 1.29. The smallest absolute Gasteiger partial charge is 0.337 e. The molecule has 10 nitrogen and oxygen atoms in total. The van der Waals surface area contributed by atoms with Gasteiger partial charge in [0.1, 0.15) is 18.2 Å². The summed E-state index contributed by atoms with van der Waals surface area (Å²) in [5, 5.41) is 14.7. The second-order valence-electron chi connectivity index (χ2n) is 10.6. The molecule has 1 aromatic heterocycles. The maximum atomic E-state index is 13.9. The van der Waals surface area contributed by atoms with Crippen LogP contribution in [0.1, 0.15) is 40.7 Å². The lowest BCUT2D eigenvalue weighted by molar-refractivity contribution is -0.384. The molecule has 2 N–H and O–H groups in total. The van der Waals surface area contributed by atoms with Crippen molar-refractivity contribution in [1.29, 1.82) is 0 Å². The van der Waals surface area contributed by atoms with Crippen LogP contribution in [0.5, 0.6) is 5.75 Å². The van der Waals surface area contributed by atoms with Gasteiger partial charge in [0.2, 0.25) is 0 Å². The highest BCUT2D eigenvalue weighted by atomic mass is 32.2. The Labute approximate surface area is 274 Å². The van der Waals surface area contributed by atoms with E-state index in [1.165, 1.54) is 23.9 Å². The number of nitro benzene ring substituents is 1. The van der Waals surface area contributed by atoms with E-state index in [2.05, 4.69) is 10.3 Å². The lowest BCUT2D eigenvalue weighted by atomic mass is 9.81. The normalized spacial score (nSPS) is 13.8. The van der Waals surface area contributed by atoms with Gasteiger partial charge in [0.25, 0.3) is 11.2 Å². The predicted molar refractivity (Wildman–Crippen MR) is 180 cm³/mol. The van der Waals surface area contributed by atoms with Crippen LogP contribution in [-0.2, 0) is 21.9 Å². The van der Waals surface area contributed by atoms with Crippen molar-refractivity contribution in [2.24, 2.45) is 0 Å². The minimum atomic E-state index is -0.798. The second-order valence-corrected chi connectivity index (χ2v) is 11.6. The number of non-ortho nitro benzene ring substituents is 1. The summed E-state index contributed by atoms with van der Waals surface area (Å²) in [5.41, 5.74) is 3.95. The number of aromatic nitrogens is 2. The Hall–Kier alpha value is -5.68. The van der Waals surface area contributed by atoms with Gasteiger partial charge in [-0.05, 0) is 41.3 Å². The van der Waals surface area contributed by atoms with Crippen LogP contribution >= 0.6 is 11.8 Å². The van der Waals surface area contributed by atoms with Crippen molar-refractivity contribution < 1.29 is 19.2 Å². The molecule has 1 unspecified atom stereocenters. The molecule has 0 saturated heterocycles. The number of H-pyrrole nitrogens is 1. The molecule has 2 heterocycles. The van der Waals surface area contributed by atoms with E-state index in [0.717, 1.165) is 16.7 Å². The van der Waals surface area contributed by atoms with Gasteiger partial charge in [-0.25, -0.2) is 9.78 Å². The van der Waals surface area contributed by atoms with Gasteiger partial charge in [0.15, 0.2) is 5.16 Å². The number of hydrogen-bond acceptors (Lipinski definition) is 9. The van der Waals surface area contributed by atoms with E-state index in [1.807, 2.05) is 84.9 Å². The maximum absolute atomic E-state index is 13.9. The number of nitro groups is 1. The first kappa shape index (κ1) is 31.3. The third-order valence-electron chi connectivity index (χ3n) is 7.57. The summed E-state index contributed by atoms with van der Waals surface area (Å²) in [7, 11) is 0. The summed E-state index contributed by atoms with van der Waals surface area (Å²) in [6.45, 7) is 2.29. The monoisotopic (exact) mass is 646 g/mol. The Bertz CT molecular complexity index is 1980. The SMILES string of the molecule is CCOC(=O)C1=C(c2ccccc2)Nc2nc(SCc3ccc([N+](=O)[O-])cc3)[nH]c(=O)c2C1c1ccc(OCc2ccccc2)cc1. The number of thioether (sulfide) groups is 1. The summed E-state index contributed by atoms with van der Waals surface area (Å²) < 4.78 is 11.5. The number of fused-ring (bicyclic) bond motifs is 1. The highest BCUT2D eigenvalue weighted by molar-refractivity contribution is 7.98. The number of esters is 1. The number of hydrogen-bond donors (Lipinski definition) is 2. The topological polar surface area (TPSA) is 136 Å². The van der Waals surface area contributed by atoms with Crippen molar-refractivity contribution in [2.75, 3.05) is 11.9 Å². The first-order valence-electron chi connectivity index (χ1n) is 14.9. The fourth-order valence-corrected chi connectivity index (χ4v) is 6.14. The van der Waals surface area contributed by atoms with E-state index in [4.69, 9.17) is 14.5 Å². The minimum Gasteiger partial charge on any atom is -0.489 e. The molecule has 5 aromatic rings. The maximum Gasteiger partial charge on any atom is 0.337 e. The minimum absolute atomic E-state index is 0.00252. The van der Waals surface area contributed by atoms with Crippen LogP contribution in [0.2, 0.25) is 0 Å². The number of nitrogens with zero attached hydrogens (tertiary/aromatic N) is 2. The number of aromatic amines is 1. The Morgan fingerprint density at radius 3 is 2.26 bits per heavy atom. The summed E-state index contributed by atoms with van der Waals surface area (Å²) in [5.74, 6) is 0.0369. The second kappa shape index (κ2) is 14.2. The van der Waals surface area contributed by atoms with Crippen molar-refractivity contribution in [3.8, 4) is 5.75 Å². The molecule has 0 fully saturated rings. The van der Waals surface area contributed by atoms with Crippen LogP contribution in [0, 0.1) is 10.1 Å². The fraction of sp³-hybridized carbons (Fsp3) is 0.139. The van der Waals surface area contributed by atoms with Gasteiger partial charge in [0.05, 0.1) is 34.3 Å². The van der Waals surface area contributed by atoms with Crippen molar-refractivity contribution in [3.05, 3.63) is 163 Å². The number of rotatable bonds is 11.